The first-order chi connectivity index (χ1) is 7.40. The lowest BCUT2D eigenvalue weighted by Crippen LogP contribution is -1.97. The predicted octanol–water partition coefficient (Wildman–Crippen LogP) is 3.35. The summed E-state index contributed by atoms with van der Waals surface area (Å²) in [6, 6.07) is 12.4. The van der Waals surface area contributed by atoms with E-state index < -0.39 is 0 Å². The molecule has 2 heteroatoms. The first kappa shape index (κ1) is 9.97. The van der Waals surface area contributed by atoms with Crippen molar-refractivity contribution in [3.05, 3.63) is 42.6 Å². The molecule has 1 heterocycles. The summed E-state index contributed by atoms with van der Waals surface area (Å²) in [6.45, 7) is 3.21. The van der Waals surface area contributed by atoms with Crippen molar-refractivity contribution in [1.82, 2.24) is 9.78 Å². The molecule has 78 valence electrons. The molecular formula is C13H16N2. The predicted molar refractivity (Wildman–Crippen MR) is 62.6 cm³/mol. The highest BCUT2D eigenvalue weighted by molar-refractivity contribution is 5.57. The highest BCUT2D eigenvalue weighted by Gasteiger charge is 2.00. The van der Waals surface area contributed by atoms with Crippen molar-refractivity contribution < 1.29 is 0 Å². The third-order valence-corrected chi connectivity index (χ3v) is 2.45. The SMILES string of the molecule is CCCCn1ccc(-c2ccccc2)n1. The minimum absolute atomic E-state index is 1.02. The van der Waals surface area contributed by atoms with Gasteiger partial charge in [-0.05, 0) is 12.5 Å². The van der Waals surface area contributed by atoms with Crippen LogP contribution in [0, 0.1) is 0 Å². The summed E-state index contributed by atoms with van der Waals surface area (Å²) in [5, 5.41) is 4.53. The van der Waals surface area contributed by atoms with E-state index >= 15 is 0 Å². The molecule has 0 radical (unpaired) electrons. The van der Waals surface area contributed by atoms with Crippen molar-refractivity contribution in [2.24, 2.45) is 0 Å². The maximum atomic E-state index is 4.53. The number of hydrogen-bond acceptors (Lipinski definition) is 1. The van der Waals surface area contributed by atoms with Crippen LogP contribution in [0.3, 0.4) is 0 Å². The molecule has 2 aromatic rings. The molecule has 0 atom stereocenters. The Morgan fingerprint density at radius 3 is 2.67 bits per heavy atom. The minimum Gasteiger partial charge on any atom is -0.272 e. The quantitative estimate of drug-likeness (QED) is 0.740. The molecule has 2 rings (SSSR count). The summed E-state index contributed by atoms with van der Waals surface area (Å²) in [6.07, 6.45) is 4.45. The van der Waals surface area contributed by atoms with Gasteiger partial charge in [0.15, 0.2) is 0 Å². The lowest BCUT2D eigenvalue weighted by Gasteiger charge is -1.98. The van der Waals surface area contributed by atoms with Gasteiger partial charge in [0.25, 0.3) is 0 Å². The van der Waals surface area contributed by atoms with Crippen LogP contribution >= 0.6 is 0 Å². The Labute approximate surface area is 90.6 Å². The normalized spacial score (nSPS) is 10.5. The van der Waals surface area contributed by atoms with Crippen molar-refractivity contribution in [3.8, 4) is 11.3 Å². The van der Waals surface area contributed by atoms with E-state index in [2.05, 4.69) is 36.4 Å². The lowest BCUT2D eigenvalue weighted by molar-refractivity contribution is 0.573. The summed E-state index contributed by atoms with van der Waals surface area (Å²) in [7, 11) is 0. The zero-order valence-electron chi connectivity index (χ0n) is 9.06. The Balaban J connectivity index is 2.14. The van der Waals surface area contributed by atoms with Gasteiger partial charge in [-0.1, -0.05) is 43.7 Å². The van der Waals surface area contributed by atoms with Gasteiger partial charge >= 0.3 is 0 Å². The smallest absolute Gasteiger partial charge is 0.0923 e. The Bertz CT molecular complexity index is 403. The fraction of sp³-hybridized carbons (Fsp3) is 0.308. The van der Waals surface area contributed by atoms with E-state index in [0.29, 0.717) is 0 Å². The van der Waals surface area contributed by atoms with E-state index in [1.54, 1.807) is 0 Å². The second-order valence-electron chi connectivity index (χ2n) is 3.68. The van der Waals surface area contributed by atoms with Gasteiger partial charge in [-0.15, -0.1) is 0 Å². The summed E-state index contributed by atoms with van der Waals surface area (Å²) in [4.78, 5) is 0. The van der Waals surface area contributed by atoms with Crippen LogP contribution < -0.4 is 0 Å². The molecule has 0 saturated heterocycles. The molecule has 2 nitrogen and oxygen atoms in total. The molecule has 0 fully saturated rings. The van der Waals surface area contributed by atoms with Crippen LogP contribution in [-0.2, 0) is 6.54 Å². The number of nitrogens with zero attached hydrogens (tertiary/aromatic N) is 2. The number of unbranched alkanes of at least 4 members (excludes halogenated alkanes) is 1. The molecule has 0 aliphatic heterocycles. The molecule has 1 aromatic carbocycles. The highest BCUT2D eigenvalue weighted by Crippen LogP contribution is 2.15. The molecule has 0 bridgehead atoms. The van der Waals surface area contributed by atoms with Crippen LogP contribution in [0.25, 0.3) is 11.3 Å². The third kappa shape index (κ3) is 2.46. The van der Waals surface area contributed by atoms with Crippen LogP contribution in [0.15, 0.2) is 42.6 Å². The maximum absolute atomic E-state index is 4.53. The average Bonchev–Trinajstić information content (AvgIpc) is 2.76. The average molecular weight is 200 g/mol. The number of aromatic nitrogens is 2. The molecule has 0 amide bonds. The second kappa shape index (κ2) is 4.78. The molecule has 1 aromatic heterocycles. The van der Waals surface area contributed by atoms with E-state index in [-0.39, 0.29) is 0 Å². The second-order valence-corrected chi connectivity index (χ2v) is 3.68. The number of benzene rings is 1. The Hall–Kier alpha value is -1.57. The summed E-state index contributed by atoms with van der Waals surface area (Å²) >= 11 is 0. The topological polar surface area (TPSA) is 17.8 Å². The summed E-state index contributed by atoms with van der Waals surface area (Å²) in [5.41, 5.74) is 2.25. The fourth-order valence-electron chi connectivity index (χ4n) is 1.57. The summed E-state index contributed by atoms with van der Waals surface area (Å²) < 4.78 is 2.02. The van der Waals surface area contributed by atoms with Gasteiger partial charge in [0.2, 0.25) is 0 Å². The van der Waals surface area contributed by atoms with Crippen LogP contribution in [0.1, 0.15) is 19.8 Å². The van der Waals surface area contributed by atoms with E-state index in [1.165, 1.54) is 18.4 Å². The van der Waals surface area contributed by atoms with Crippen LogP contribution in [0.5, 0.6) is 0 Å². The Kier molecular flexibility index (Phi) is 3.18. The molecule has 0 saturated carbocycles. The van der Waals surface area contributed by atoms with Crippen LogP contribution in [0.2, 0.25) is 0 Å². The Morgan fingerprint density at radius 1 is 1.13 bits per heavy atom. The minimum atomic E-state index is 1.02. The molecular weight excluding hydrogens is 184 g/mol. The number of aryl methyl sites for hydroxylation is 1. The maximum Gasteiger partial charge on any atom is 0.0923 e. The molecule has 0 N–H and O–H groups in total. The molecule has 0 unspecified atom stereocenters. The highest BCUT2D eigenvalue weighted by atomic mass is 15.3. The van der Waals surface area contributed by atoms with Gasteiger partial charge in [-0.25, -0.2) is 0 Å². The monoisotopic (exact) mass is 200 g/mol. The number of rotatable bonds is 4. The first-order valence-corrected chi connectivity index (χ1v) is 5.49. The van der Waals surface area contributed by atoms with E-state index in [0.717, 1.165) is 12.2 Å². The standard InChI is InChI=1S/C13H16N2/c1-2-3-10-15-11-9-13(14-15)12-7-5-4-6-8-12/h4-9,11H,2-3,10H2,1H3. The van der Waals surface area contributed by atoms with Crippen LogP contribution in [0.4, 0.5) is 0 Å². The van der Waals surface area contributed by atoms with Crippen molar-refractivity contribution >= 4 is 0 Å². The van der Waals surface area contributed by atoms with Crippen molar-refractivity contribution in [1.29, 1.82) is 0 Å². The van der Waals surface area contributed by atoms with Crippen molar-refractivity contribution in [2.75, 3.05) is 0 Å². The lowest BCUT2D eigenvalue weighted by atomic mass is 10.2. The molecule has 0 spiro atoms. The fourth-order valence-corrected chi connectivity index (χ4v) is 1.57. The molecule has 0 aliphatic rings. The van der Waals surface area contributed by atoms with E-state index in [1.807, 2.05) is 22.9 Å². The van der Waals surface area contributed by atoms with Gasteiger partial charge in [0, 0.05) is 18.3 Å². The van der Waals surface area contributed by atoms with Gasteiger partial charge in [-0.3, -0.25) is 4.68 Å². The van der Waals surface area contributed by atoms with Gasteiger partial charge < -0.3 is 0 Å². The number of hydrogen-bond donors (Lipinski definition) is 0. The van der Waals surface area contributed by atoms with E-state index in [9.17, 15) is 0 Å². The van der Waals surface area contributed by atoms with Gasteiger partial charge in [0.05, 0.1) is 5.69 Å². The van der Waals surface area contributed by atoms with E-state index in [4.69, 9.17) is 0 Å². The van der Waals surface area contributed by atoms with Gasteiger partial charge in [-0.2, -0.15) is 5.10 Å². The van der Waals surface area contributed by atoms with Crippen LogP contribution in [-0.4, -0.2) is 9.78 Å². The summed E-state index contributed by atoms with van der Waals surface area (Å²) in [5.74, 6) is 0. The first-order valence-electron chi connectivity index (χ1n) is 5.49. The van der Waals surface area contributed by atoms with Gasteiger partial charge in [0.1, 0.15) is 0 Å². The zero-order valence-corrected chi connectivity index (χ0v) is 9.06. The van der Waals surface area contributed by atoms with Crippen molar-refractivity contribution in [3.63, 3.8) is 0 Å². The van der Waals surface area contributed by atoms with Crippen molar-refractivity contribution in [2.45, 2.75) is 26.3 Å². The Morgan fingerprint density at radius 2 is 1.93 bits per heavy atom. The third-order valence-electron chi connectivity index (χ3n) is 2.45. The molecule has 0 aliphatic carbocycles. The largest absolute Gasteiger partial charge is 0.272 e. The zero-order chi connectivity index (χ0) is 10.5. The molecule has 15 heavy (non-hydrogen) atoms.